The molecular formula is C27H33N3O6. The van der Waals surface area contributed by atoms with E-state index in [1.807, 2.05) is 12.1 Å². The third kappa shape index (κ3) is 4.75. The van der Waals surface area contributed by atoms with Crippen LogP contribution < -0.4 is 19.7 Å². The number of unbranched alkanes of at least 4 members (excludes halogenated alkanes) is 2. The van der Waals surface area contributed by atoms with Crippen molar-refractivity contribution < 1.29 is 28.6 Å². The van der Waals surface area contributed by atoms with Crippen LogP contribution in [0.25, 0.3) is 0 Å². The van der Waals surface area contributed by atoms with Crippen LogP contribution >= 0.6 is 0 Å². The van der Waals surface area contributed by atoms with E-state index in [-0.39, 0.29) is 17.7 Å². The molecule has 1 unspecified atom stereocenters. The summed E-state index contributed by atoms with van der Waals surface area (Å²) in [5, 5.41) is 2.89. The lowest BCUT2D eigenvalue weighted by atomic mass is 10.0. The average molecular weight is 496 g/mol. The maximum absolute atomic E-state index is 13.7. The Bertz CT molecular complexity index is 1130. The predicted octanol–water partition coefficient (Wildman–Crippen LogP) is 3.53. The predicted molar refractivity (Wildman–Crippen MR) is 135 cm³/mol. The first-order valence-electron chi connectivity index (χ1n) is 12.3. The number of carbonyl (C=O) groups excluding carboxylic acids is 3. The highest BCUT2D eigenvalue weighted by molar-refractivity contribution is 6.18. The first-order valence-corrected chi connectivity index (χ1v) is 12.3. The van der Waals surface area contributed by atoms with E-state index in [0.29, 0.717) is 60.9 Å². The van der Waals surface area contributed by atoms with Crippen molar-refractivity contribution in [2.24, 2.45) is 0 Å². The number of ether oxygens (including phenoxy) is 3. The number of hydrogen-bond donors (Lipinski definition) is 1. The summed E-state index contributed by atoms with van der Waals surface area (Å²) < 4.78 is 16.0. The Morgan fingerprint density at radius 2 is 1.75 bits per heavy atom. The minimum absolute atomic E-state index is 0.0246. The molecule has 3 amide bonds. The van der Waals surface area contributed by atoms with Crippen LogP contribution in [-0.2, 0) is 9.53 Å². The molecule has 2 aliphatic rings. The SMILES string of the molecule is COCCCNC(=O)CCCCCN1C(=O)c2ccccc2N2C(=O)c3c(ccc(OC)c3OC)C12. The Labute approximate surface area is 211 Å². The molecule has 192 valence electrons. The molecule has 0 saturated heterocycles. The number of anilines is 1. The molecule has 1 atom stereocenters. The van der Waals surface area contributed by atoms with E-state index in [1.165, 1.54) is 14.2 Å². The molecule has 0 fully saturated rings. The van der Waals surface area contributed by atoms with Gasteiger partial charge in [-0.05, 0) is 37.5 Å². The summed E-state index contributed by atoms with van der Waals surface area (Å²) in [7, 11) is 4.68. The second-order valence-corrected chi connectivity index (χ2v) is 8.84. The summed E-state index contributed by atoms with van der Waals surface area (Å²) in [4.78, 5) is 42.7. The zero-order valence-corrected chi connectivity index (χ0v) is 21.0. The van der Waals surface area contributed by atoms with Gasteiger partial charge < -0.3 is 24.4 Å². The molecule has 2 heterocycles. The number of hydrogen-bond acceptors (Lipinski definition) is 6. The molecule has 2 aromatic rings. The van der Waals surface area contributed by atoms with Crippen molar-refractivity contribution in [3.63, 3.8) is 0 Å². The van der Waals surface area contributed by atoms with Crippen LogP contribution in [-0.4, -0.2) is 63.6 Å². The van der Waals surface area contributed by atoms with Gasteiger partial charge in [0.25, 0.3) is 11.8 Å². The standard InChI is InChI=1S/C27H33N3O6/c1-34-17-9-15-28-22(31)12-5-4-8-16-29-25-19-13-14-21(35-2)24(36-3)23(19)27(33)30(25)20-11-7-6-10-18(20)26(29)32/h6-7,10-11,13-14,25H,4-5,8-9,12,15-17H2,1-3H3,(H,28,31). The Hall–Kier alpha value is -3.59. The number of nitrogens with zero attached hydrogens (tertiary/aromatic N) is 2. The molecule has 2 aliphatic heterocycles. The van der Waals surface area contributed by atoms with Gasteiger partial charge in [0, 0.05) is 38.8 Å². The van der Waals surface area contributed by atoms with Crippen molar-refractivity contribution in [3.8, 4) is 11.5 Å². The third-order valence-electron chi connectivity index (χ3n) is 6.63. The van der Waals surface area contributed by atoms with Crippen LogP contribution in [0.5, 0.6) is 11.5 Å². The Morgan fingerprint density at radius 1 is 0.944 bits per heavy atom. The summed E-state index contributed by atoms with van der Waals surface area (Å²) >= 11 is 0. The van der Waals surface area contributed by atoms with Crippen molar-refractivity contribution in [1.82, 2.24) is 10.2 Å². The molecule has 0 bridgehead atoms. The van der Waals surface area contributed by atoms with Gasteiger partial charge in [-0.2, -0.15) is 0 Å². The lowest BCUT2D eigenvalue weighted by Gasteiger charge is -2.41. The molecule has 0 aliphatic carbocycles. The highest BCUT2D eigenvalue weighted by Gasteiger charge is 2.49. The van der Waals surface area contributed by atoms with E-state index in [2.05, 4.69) is 5.32 Å². The smallest absolute Gasteiger partial charge is 0.264 e. The van der Waals surface area contributed by atoms with Gasteiger partial charge in [0.2, 0.25) is 5.91 Å². The van der Waals surface area contributed by atoms with Gasteiger partial charge in [-0.3, -0.25) is 19.3 Å². The quantitative estimate of drug-likeness (QED) is 0.453. The topological polar surface area (TPSA) is 97.4 Å². The fourth-order valence-electron chi connectivity index (χ4n) is 4.93. The molecule has 0 aromatic heterocycles. The van der Waals surface area contributed by atoms with Crippen LogP contribution in [0.3, 0.4) is 0 Å². The number of para-hydroxylation sites is 1. The van der Waals surface area contributed by atoms with Crippen LogP contribution in [0, 0.1) is 0 Å². The lowest BCUT2D eigenvalue weighted by molar-refractivity contribution is -0.121. The van der Waals surface area contributed by atoms with Gasteiger partial charge in [-0.25, -0.2) is 0 Å². The van der Waals surface area contributed by atoms with Gasteiger partial charge >= 0.3 is 0 Å². The molecule has 4 rings (SSSR count). The number of rotatable bonds is 12. The van der Waals surface area contributed by atoms with Crippen molar-refractivity contribution in [2.45, 2.75) is 38.3 Å². The van der Waals surface area contributed by atoms with Gasteiger partial charge in [-0.1, -0.05) is 24.6 Å². The maximum atomic E-state index is 13.7. The van der Waals surface area contributed by atoms with E-state index >= 15 is 0 Å². The normalized spacial score (nSPS) is 15.9. The summed E-state index contributed by atoms with van der Waals surface area (Å²) in [5.74, 6) is 0.530. The second-order valence-electron chi connectivity index (χ2n) is 8.84. The van der Waals surface area contributed by atoms with Crippen LogP contribution in [0.2, 0.25) is 0 Å². The molecule has 9 nitrogen and oxygen atoms in total. The Kier molecular flexibility index (Phi) is 8.10. The first kappa shape index (κ1) is 25.5. The monoisotopic (exact) mass is 495 g/mol. The minimum Gasteiger partial charge on any atom is -0.493 e. The highest BCUT2D eigenvalue weighted by Crippen LogP contribution is 2.49. The molecular weight excluding hydrogens is 462 g/mol. The van der Waals surface area contributed by atoms with Gasteiger partial charge in [0.05, 0.1) is 31.0 Å². The zero-order chi connectivity index (χ0) is 25.7. The fourth-order valence-corrected chi connectivity index (χ4v) is 4.93. The summed E-state index contributed by atoms with van der Waals surface area (Å²) in [6, 6.07) is 10.8. The average Bonchev–Trinajstić information content (AvgIpc) is 3.19. The summed E-state index contributed by atoms with van der Waals surface area (Å²) in [5.41, 5.74) is 2.23. The van der Waals surface area contributed by atoms with Crippen molar-refractivity contribution in [2.75, 3.05) is 45.9 Å². The Morgan fingerprint density at radius 3 is 2.50 bits per heavy atom. The van der Waals surface area contributed by atoms with Crippen molar-refractivity contribution in [1.29, 1.82) is 0 Å². The first-order chi connectivity index (χ1) is 17.5. The molecule has 0 spiro atoms. The summed E-state index contributed by atoms with van der Waals surface area (Å²) in [6.45, 7) is 1.69. The number of nitrogens with one attached hydrogen (secondary N) is 1. The molecule has 0 saturated carbocycles. The molecule has 0 radical (unpaired) electrons. The fraction of sp³-hybridized carbons (Fsp3) is 0.444. The number of benzene rings is 2. The Balaban J connectivity index is 1.50. The largest absolute Gasteiger partial charge is 0.493 e. The van der Waals surface area contributed by atoms with Gasteiger partial charge in [0.15, 0.2) is 11.5 Å². The molecule has 36 heavy (non-hydrogen) atoms. The van der Waals surface area contributed by atoms with E-state index in [4.69, 9.17) is 14.2 Å². The number of amides is 3. The third-order valence-corrected chi connectivity index (χ3v) is 6.63. The van der Waals surface area contributed by atoms with E-state index < -0.39 is 6.17 Å². The van der Waals surface area contributed by atoms with Crippen molar-refractivity contribution in [3.05, 3.63) is 53.1 Å². The van der Waals surface area contributed by atoms with Gasteiger partial charge in [-0.15, -0.1) is 0 Å². The minimum atomic E-state index is -0.557. The second kappa shape index (κ2) is 11.4. The van der Waals surface area contributed by atoms with Crippen LogP contribution in [0.1, 0.15) is 64.5 Å². The molecule has 2 aromatic carbocycles. The van der Waals surface area contributed by atoms with Crippen LogP contribution in [0.4, 0.5) is 5.69 Å². The molecule has 1 N–H and O–H groups in total. The highest BCUT2D eigenvalue weighted by atomic mass is 16.5. The van der Waals surface area contributed by atoms with E-state index in [1.54, 1.807) is 41.2 Å². The molecule has 9 heteroatoms. The zero-order valence-electron chi connectivity index (χ0n) is 21.0. The lowest BCUT2D eigenvalue weighted by Crippen LogP contribution is -2.48. The van der Waals surface area contributed by atoms with Gasteiger partial charge in [0.1, 0.15) is 6.17 Å². The van der Waals surface area contributed by atoms with E-state index in [9.17, 15) is 14.4 Å². The summed E-state index contributed by atoms with van der Waals surface area (Å²) in [6.07, 6.45) is 2.90. The number of carbonyl (C=O) groups is 3. The maximum Gasteiger partial charge on any atom is 0.264 e. The number of methoxy groups -OCH3 is 3. The van der Waals surface area contributed by atoms with Crippen LogP contribution in [0.15, 0.2) is 36.4 Å². The van der Waals surface area contributed by atoms with Crippen molar-refractivity contribution >= 4 is 23.4 Å². The van der Waals surface area contributed by atoms with E-state index in [0.717, 1.165) is 24.8 Å². The number of fused-ring (bicyclic) bond motifs is 5.